The van der Waals surface area contributed by atoms with E-state index in [0.29, 0.717) is 5.92 Å². The Morgan fingerprint density at radius 2 is 1.93 bits per heavy atom. The average Bonchev–Trinajstić information content (AvgIpc) is 2.30. The van der Waals surface area contributed by atoms with Crippen LogP contribution >= 0.6 is 0 Å². The van der Waals surface area contributed by atoms with Crippen molar-refractivity contribution in [2.45, 2.75) is 32.6 Å². The van der Waals surface area contributed by atoms with Crippen molar-refractivity contribution in [2.24, 2.45) is 0 Å². The summed E-state index contributed by atoms with van der Waals surface area (Å²) >= 11 is 0. The van der Waals surface area contributed by atoms with Crippen molar-refractivity contribution < 1.29 is 0 Å². The van der Waals surface area contributed by atoms with Crippen molar-refractivity contribution in [3.8, 4) is 0 Å². The van der Waals surface area contributed by atoms with Gasteiger partial charge in [0.1, 0.15) is 6.33 Å². The van der Waals surface area contributed by atoms with Crippen molar-refractivity contribution in [3.63, 3.8) is 0 Å². The van der Waals surface area contributed by atoms with Gasteiger partial charge in [-0.3, -0.25) is 4.98 Å². The van der Waals surface area contributed by atoms with E-state index in [4.69, 9.17) is 0 Å². The molecule has 0 amide bonds. The SMILES string of the molecule is CCC(CC)c1cc2cncnc2cn1. The van der Waals surface area contributed by atoms with Gasteiger partial charge in [0.05, 0.1) is 11.7 Å². The van der Waals surface area contributed by atoms with Crippen molar-refractivity contribution in [1.82, 2.24) is 15.0 Å². The summed E-state index contributed by atoms with van der Waals surface area (Å²) in [4.78, 5) is 12.6. The lowest BCUT2D eigenvalue weighted by atomic mass is 9.98. The second kappa shape index (κ2) is 4.34. The summed E-state index contributed by atoms with van der Waals surface area (Å²) in [6.07, 6.45) is 7.49. The first-order valence-corrected chi connectivity index (χ1v) is 5.40. The van der Waals surface area contributed by atoms with Crippen LogP contribution in [-0.4, -0.2) is 15.0 Å². The minimum Gasteiger partial charge on any atom is -0.259 e. The number of pyridine rings is 1. The maximum absolute atomic E-state index is 4.46. The zero-order valence-corrected chi connectivity index (χ0v) is 9.14. The second-order valence-corrected chi connectivity index (χ2v) is 3.70. The highest BCUT2D eigenvalue weighted by Crippen LogP contribution is 2.22. The summed E-state index contributed by atoms with van der Waals surface area (Å²) in [5.41, 5.74) is 2.07. The molecule has 3 heteroatoms. The lowest BCUT2D eigenvalue weighted by Crippen LogP contribution is -1.99. The normalized spacial score (nSPS) is 11.1. The highest BCUT2D eigenvalue weighted by Gasteiger charge is 2.08. The lowest BCUT2D eigenvalue weighted by Gasteiger charge is -2.11. The van der Waals surface area contributed by atoms with Crippen molar-refractivity contribution >= 4 is 10.9 Å². The molecule has 2 aromatic rings. The van der Waals surface area contributed by atoms with E-state index in [1.807, 2.05) is 12.4 Å². The van der Waals surface area contributed by atoms with Gasteiger partial charge in [0, 0.05) is 23.2 Å². The minimum atomic E-state index is 0.551. The molecule has 78 valence electrons. The van der Waals surface area contributed by atoms with Crippen molar-refractivity contribution in [1.29, 1.82) is 0 Å². The predicted octanol–water partition coefficient (Wildman–Crippen LogP) is 2.93. The molecule has 15 heavy (non-hydrogen) atoms. The molecule has 0 bridgehead atoms. The van der Waals surface area contributed by atoms with Crippen LogP contribution in [0.5, 0.6) is 0 Å². The molecular formula is C12H15N3. The van der Waals surface area contributed by atoms with Crippen LogP contribution in [-0.2, 0) is 0 Å². The molecule has 2 aromatic heterocycles. The Bertz CT molecular complexity index is 449. The van der Waals surface area contributed by atoms with E-state index in [0.717, 1.165) is 29.4 Å². The smallest absolute Gasteiger partial charge is 0.116 e. The quantitative estimate of drug-likeness (QED) is 0.766. The largest absolute Gasteiger partial charge is 0.259 e. The van der Waals surface area contributed by atoms with E-state index >= 15 is 0 Å². The van der Waals surface area contributed by atoms with E-state index in [9.17, 15) is 0 Å². The van der Waals surface area contributed by atoms with Crippen molar-refractivity contribution in [3.05, 3.63) is 30.5 Å². The van der Waals surface area contributed by atoms with Crippen molar-refractivity contribution in [2.75, 3.05) is 0 Å². The van der Waals surface area contributed by atoms with Gasteiger partial charge in [-0.15, -0.1) is 0 Å². The summed E-state index contributed by atoms with van der Waals surface area (Å²) in [5, 5.41) is 1.08. The highest BCUT2D eigenvalue weighted by molar-refractivity contribution is 5.76. The third-order valence-corrected chi connectivity index (χ3v) is 2.82. The molecule has 0 N–H and O–H groups in total. The fourth-order valence-electron chi connectivity index (χ4n) is 1.83. The number of nitrogens with zero attached hydrogens (tertiary/aromatic N) is 3. The summed E-state index contributed by atoms with van der Waals surface area (Å²) < 4.78 is 0. The van der Waals surface area contributed by atoms with Gasteiger partial charge in [-0.05, 0) is 18.9 Å². The topological polar surface area (TPSA) is 38.7 Å². The number of fused-ring (bicyclic) bond motifs is 1. The van der Waals surface area contributed by atoms with E-state index in [1.54, 1.807) is 6.33 Å². The minimum absolute atomic E-state index is 0.551. The Morgan fingerprint density at radius 1 is 1.13 bits per heavy atom. The first kappa shape index (κ1) is 10.0. The lowest BCUT2D eigenvalue weighted by molar-refractivity contribution is 0.624. The van der Waals surface area contributed by atoms with Gasteiger partial charge in [0.2, 0.25) is 0 Å². The Kier molecular flexibility index (Phi) is 2.90. The van der Waals surface area contributed by atoms with Crippen LogP contribution in [0.3, 0.4) is 0 Å². The molecule has 0 spiro atoms. The van der Waals surface area contributed by atoms with E-state index in [1.165, 1.54) is 0 Å². The Labute approximate surface area is 89.6 Å². The molecule has 0 unspecified atom stereocenters. The number of aromatic nitrogens is 3. The van der Waals surface area contributed by atoms with E-state index in [-0.39, 0.29) is 0 Å². The highest BCUT2D eigenvalue weighted by atomic mass is 14.8. The Balaban J connectivity index is 2.46. The molecule has 0 saturated carbocycles. The number of rotatable bonds is 3. The number of hydrogen-bond donors (Lipinski definition) is 0. The molecule has 2 heterocycles. The van der Waals surface area contributed by atoms with Crippen LogP contribution in [0.1, 0.15) is 38.3 Å². The maximum Gasteiger partial charge on any atom is 0.116 e. The van der Waals surface area contributed by atoms with E-state index in [2.05, 4.69) is 34.9 Å². The molecule has 0 aliphatic carbocycles. The van der Waals surface area contributed by atoms with Gasteiger partial charge in [0.15, 0.2) is 0 Å². The molecule has 0 aromatic carbocycles. The molecular weight excluding hydrogens is 186 g/mol. The Morgan fingerprint density at radius 3 is 2.67 bits per heavy atom. The molecule has 0 radical (unpaired) electrons. The zero-order chi connectivity index (χ0) is 10.7. The van der Waals surface area contributed by atoms with Crippen LogP contribution in [0.4, 0.5) is 0 Å². The van der Waals surface area contributed by atoms with Crippen LogP contribution in [0.2, 0.25) is 0 Å². The predicted molar refractivity (Wildman–Crippen MR) is 60.7 cm³/mol. The second-order valence-electron chi connectivity index (χ2n) is 3.70. The summed E-state index contributed by atoms with van der Waals surface area (Å²) in [6.45, 7) is 4.39. The zero-order valence-electron chi connectivity index (χ0n) is 9.14. The average molecular weight is 201 g/mol. The van der Waals surface area contributed by atoms with E-state index < -0.39 is 0 Å². The fraction of sp³-hybridized carbons (Fsp3) is 0.417. The molecule has 0 atom stereocenters. The van der Waals surface area contributed by atoms with Crippen LogP contribution < -0.4 is 0 Å². The standard InChI is InChI=1S/C12H15N3/c1-3-9(4-2)11-5-10-6-13-8-15-12(10)7-14-11/h5-9H,3-4H2,1-2H3. The molecule has 0 fully saturated rings. The molecule has 2 rings (SSSR count). The summed E-state index contributed by atoms with van der Waals surface area (Å²) in [7, 11) is 0. The van der Waals surface area contributed by atoms with Crippen LogP contribution in [0.15, 0.2) is 24.8 Å². The van der Waals surface area contributed by atoms with Crippen LogP contribution in [0, 0.1) is 0 Å². The first-order chi connectivity index (χ1) is 7.35. The Hall–Kier alpha value is -1.51. The van der Waals surface area contributed by atoms with Gasteiger partial charge >= 0.3 is 0 Å². The molecule has 0 aliphatic heterocycles. The number of hydrogen-bond acceptors (Lipinski definition) is 3. The third-order valence-electron chi connectivity index (χ3n) is 2.82. The molecule has 0 aliphatic rings. The fourth-order valence-corrected chi connectivity index (χ4v) is 1.83. The monoisotopic (exact) mass is 201 g/mol. The summed E-state index contributed by atoms with van der Waals surface area (Å²) in [6, 6.07) is 2.10. The van der Waals surface area contributed by atoms with Gasteiger partial charge in [-0.25, -0.2) is 9.97 Å². The van der Waals surface area contributed by atoms with Gasteiger partial charge in [-0.1, -0.05) is 13.8 Å². The van der Waals surface area contributed by atoms with Gasteiger partial charge < -0.3 is 0 Å². The van der Waals surface area contributed by atoms with Gasteiger partial charge in [0.25, 0.3) is 0 Å². The first-order valence-electron chi connectivity index (χ1n) is 5.40. The van der Waals surface area contributed by atoms with Gasteiger partial charge in [-0.2, -0.15) is 0 Å². The van der Waals surface area contributed by atoms with Crippen LogP contribution in [0.25, 0.3) is 10.9 Å². The molecule has 0 saturated heterocycles. The molecule has 3 nitrogen and oxygen atoms in total. The maximum atomic E-state index is 4.46. The summed E-state index contributed by atoms with van der Waals surface area (Å²) in [5.74, 6) is 0.551. The third kappa shape index (κ3) is 1.96.